The van der Waals surface area contributed by atoms with Gasteiger partial charge in [-0.05, 0) is 17.7 Å². The van der Waals surface area contributed by atoms with Crippen molar-refractivity contribution in [3.63, 3.8) is 0 Å². The van der Waals surface area contributed by atoms with Gasteiger partial charge in [-0.15, -0.1) is 0 Å². The summed E-state index contributed by atoms with van der Waals surface area (Å²) in [5.41, 5.74) is 1.18. The fourth-order valence-electron chi connectivity index (χ4n) is 2.34. The van der Waals surface area contributed by atoms with Crippen LogP contribution in [0.5, 0.6) is 0 Å². The molecule has 7 nitrogen and oxygen atoms in total. The summed E-state index contributed by atoms with van der Waals surface area (Å²) in [4.78, 5) is 38.8. The summed E-state index contributed by atoms with van der Waals surface area (Å²) in [5.74, 6) is -1.78. The van der Waals surface area contributed by atoms with Crippen LogP contribution >= 0.6 is 23.2 Å². The Morgan fingerprint density at radius 3 is 2.22 bits per heavy atom. The van der Waals surface area contributed by atoms with Gasteiger partial charge in [0.25, 0.3) is 5.91 Å². The van der Waals surface area contributed by atoms with Crippen molar-refractivity contribution in [1.29, 1.82) is 0 Å². The van der Waals surface area contributed by atoms with Crippen molar-refractivity contribution in [3.05, 3.63) is 57.8 Å². The molecule has 27 heavy (non-hydrogen) atoms. The van der Waals surface area contributed by atoms with E-state index in [2.05, 4.69) is 15.6 Å². The molecule has 0 aliphatic carbocycles. The lowest BCUT2D eigenvalue weighted by Crippen LogP contribution is -2.29. The largest absolute Gasteiger partial charge is 0.481 e. The van der Waals surface area contributed by atoms with Crippen molar-refractivity contribution in [2.24, 2.45) is 0 Å². The maximum absolute atomic E-state index is 12.4. The Hall–Kier alpha value is -2.64. The molecule has 0 radical (unpaired) electrons. The van der Waals surface area contributed by atoms with Gasteiger partial charge in [-0.25, -0.2) is 0 Å². The number of carboxylic acid groups (broad SMARTS) is 1. The van der Waals surface area contributed by atoms with Crippen LogP contribution in [0.15, 0.2) is 36.7 Å². The number of anilines is 1. The average Bonchev–Trinajstić information content (AvgIpc) is 2.61. The number of carboxylic acids is 1. The molecule has 0 spiro atoms. The van der Waals surface area contributed by atoms with Crippen molar-refractivity contribution >= 4 is 46.7 Å². The monoisotopic (exact) mass is 409 g/mol. The van der Waals surface area contributed by atoms with Gasteiger partial charge in [-0.2, -0.15) is 0 Å². The average molecular weight is 410 g/mol. The number of pyridine rings is 1. The van der Waals surface area contributed by atoms with E-state index in [-0.39, 0.29) is 34.4 Å². The Balaban J connectivity index is 2.16. The van der Waals surface area contributed by atoms with Gasteiger partial charge < -0.3 is 15.7 Å². The highest BCUT2D eigenvalue weighted by Crippen LogP contribution is 2.25. The summed E-state index contributed by atoms with van der Waals surface area (Å²) in [7, 11) is 0. The first-order valence-corrected chi connectivity index (χ1v) is 8.78. The highest BCUT2D eigenvalue weighted by molar-refractivity contribution is 6.40. The van der Waals surface area contributed by atoms with Gasteiger partial charge in [-0.3, -0.25) is 19.4 Å². The first-order chi connectivity index (χ1) is 12.8. The van der Waals surface area contributed by atoms with Crippen molar-refractivity contribution in [1.82, 2.24) is 10.3 Å². The van der Waals surface area contributed by atoms with Crippen LogP contribution in [0.2, 0.25) is 10.0 Å². The van der Waals surface area contributed by atoms with Gasteiger partial charge in [-0.1, -0.05) is 42.3 Å². The molecular weight excluding hydrogens is 393 g/mol. The number of amides is 2. The zero-order valence-electron chi connectivity index (χ0n) is 14.3. The van der Waals surface area contributed by atoms with Crippen LogP contribution in [-0.2, 0) is 9.59 Å². The lowest BCUT2D eigenvalue weighted by molar-refractivity contribution is -0.137. The Kier molecular flexibility index (Phi) is 7.15. The van der Waals surface area contributed by atoms with E-state index >= 15 is 0 Å². The van der Waals surface area contributed by atoms with E-state index in [1.807, 2.05) is 0 Å². The molecule has 0 aliphatic rings. The Morgan fingerprint density at radius 2 is 1.70 bits per heavy atom. The molecular formula is C18H17Cl2N3O4. The highest BCUT2D eigenvalue weighted by Gasteiger charge is 2.18. The minimum Gasteiger partial charge on any atom is -0.481 e. The summed E-state index contributed by atoms with van der Waals surface area (Å²) in [6, 6.07) is 5.81. The fourth-order valence-corrected chi connectivity index (χ4v) is 2.88. The van der Waals surface area contributed by atoms with Crippen molar-refractivity contribution in [2.45, 2.75) is 25.8 Å². The van der Waals surface area contributed by atoms with Crippen LogP contribution in [0.3, 0.4) is 0 Å². The minimum absolute atomic E-state index is 0.108. The molecule has 2 aromatic rings. The van der Waals surface area contributed by atoms with Gasteiger partial charge in [0.2, 0.25) is 5.91 Å². The SMILES string of the molecule is CCC(=O)NC(CC(=O)O)c1ccc(NC(=O)c2c(Cl)cncc2Cl)cc1. The molecule has 1 unspecified atom stereocenters. The van der Waals surface area contributed by atoms with Crippen molar-refractivity contribution in [2.75, 3.05) is 5.32 Å². The number of carbonyl (C=O) groups excluding carboxylic acids is 2. The summed E-state index contributed by atoms with van der Waals surface area (Å²) >= 11 is 11.9. The predicted octanol–water partition coefficient (Wildman–Crippen LogP) is 3.68. The van der Waals surface area contributed by atoms with E-state index < -0.39 is 17.9 Å². The molecule has 0 aliphatic heterocycles. The molecule has 1 aromatic heterocycles. The molecule has 0 bridgehead atoms. The van der Waals surface area contributed by atoms with Crippen LogP contribution in [-0.4, -0.2) is 27.9 Å². The predicted molar refractivity (Wildman–Crippen MR) is 102 cm³/mol. The number of halogens is 2. The second-order valence-electron chi connectivity index (χ2n) is 5.63. The van der Waals surface area contributed by atoms with E-state index in [9.17, 15) is 14.4 Å². The quantitative estimate of drug-likeness (QED) is 0.645. The van der Waals surface area contributed by atoms with Crippen LogP contribution in [0, 0.1) is 0 Å². The summed E-state index contributed by atoms with van der Waals surface area (Å²) in [6.45, 7) is 1.68. The van der Waals surface area contributed by atoms with Crippen molar-refractivity contribution in [3.8, 4) is 0 Å². The molecule has 0 saturated carbocycles. The maximum Gasteiger partial charge on any atom is 0.305 e. The van der Waals surface area contributed by atoms with Gasteiger partial charge in [0.05, 0.1) is 28.1 Å². The van der Waals surface area contributed by atoms with Gasteiger partial charge >= 0.3 is 5.97 Å². The first-order valence-electron chi connectivity index (χ1n) is 8.03. The van der Waals surface area contributed by atoms with Crippen LogP contribution in [0.25, 0.3) is 0 Å². The Labute approximate surface area is 165 Å². The number of aliphatic carboxylic acids is 1. The topological polar surface area (TPSA) is 108 Å². The van der Waals surface area contributed by atoms with E-state index in [1.54, 1.807) is 31.2 Å². The zero-order valence-corrected chi connectivity index (χ0v) is 15.8. The molecule has 1 aromatic carbocycles. The minimum atomic E-state index is -1.03. The molecule has 0 fully saturated rings. The van der Waals surface area contributed by atoms with Gasteiger partial charge in [0, 0.05) is 24.5 Å². The second-order valence-corrected chi connectivity index (χ2v) is 6.44. The smallest absolute Gasteiger partial charge is 0.305 e. The van der Waals surface area contributed by atoms with Crippen LogP contribution in [0.1, 0.15) is 41.7 Å². The highest BCUT2D eigenvalue weighted by atomic mass is 35.5. The molecule has 2 rings (SSSR count). The summed E-state index contributed by atoms with van der Waals surface area (Å²) in [5, 5.41) is 14.6. The van der Waals surface area contributed by atoms with E-state index in [0.29, 0.717) is 11.3 Å². The van der Waals surface area contributed by atoms with E-state index in [1.165, 1.54) is 12.4 Å². The third-order valence-corrected chi connectivity index (χ3v) is 4.26. The van der Waals surface area contributed by atoms with Crippen LogP contribution < -0.4 is 10.6 Å². The molecule has 0 saturated heterocycles. The lowest BCUT2D eigenvalue weighted by Gasteiger charge is -2.17. The Bertz CT molecular complexity index is 836. The molecule has 3 N–H and O–H groups in total. The number of benzene rings is 1. The summed E-state index contributed by atoms with van der Waals surface area (Å²) < 4.78 is 0. The first kappa shape index (κ1) is 20.7. The van der Waals surface area contributed by atoms with Gasteiger partial charge in [0.15, 0.2) is 0 Å². The number of aromatic nitrogens is 1. The number of nitrogens with one attached hydrogen (secondary N) is 2. The molecule has 9 heteroatoms. The molecule has 1 atom stereocenters. The number of hydrogen-bond donors (Lipinski definition) is 3. The number of rotatable bonds is 7. The lowest BCUT2D eigenvalue weighted by atomic mass is 10.0. The summed E-state index contributed by atoms with van der Waals surface area (Å²) in [6.07, 6.45) is 2.63. The zero-order chi connectivity index (χ0) is 20.0. The van der Waals surface area contributed by atoms with E-state index in [0.717, 1.165) is 0 Å². The normalized spacial score (nSPS) is 11.5. The Morgan fingerprint density at radius 1 is 1.11 bits per heavy atom. The van der Waals surface area contributed by atoms with Gasteiger partial charge in [0.1, 0.15) is 0 Å². The number of nitrogens with zero attached hydrogens (tertiary/aromatic N) is 1. The molecule has 2 amide bonds. The van der Waals surface area contributed by atoms with E-state index in [4.69, 9.17) is 28.3 Å². The van der Waals surface area contributed by atoms with Crippen LogP contribution in [0.4, 0.5) is 5.69 Å². The molecule has 1 heterocycles. The number of carbonyl (C=O) groups is 3. The second kappa shape index (κ2) is 9.34. The third kappa shape index (κ3) is 5.67. The van der Waals surface area contributed by atoms with Crippen molar-refractivity contribution < 1.29 is 19.5 Å². The fraction of sp³-hybridized carbons (Fsp3) is 0.222. The number of hydrogen-bond acceptors (Lipinski definition) is 4. The molecule has 142 valence electrons. The standard InChI is InChI=1S/C18H17Cl2N3O4/c1-2-15(24)23-14(7-16(25)26)10-3-5-11(6-4-10)22-18(27)17-12(19)8-21-9-13(17)20/h3-6,8-9,14H,2,7H2,1H3,(H,22,27)(H,23,24)(H,25,26). The third-order valence-electron chi connectivity index (χ3n) is 3.69. The maximum atomic E-state index is 12.4.